The molecular formula is C10H15O6P. The van der Waals surface area contributed by atoms with Crippen LogP contribution in [0.5, 0.6) is 5.75 Å². The fourth-order valence-electron chi connectivity index (χ4n) is 1.00. The van der Waals surface area contributed by atoms with Crippen LogP contribution >= 0.6 is 8.25 Å². The van der Waals surface area contributed by atoms with E-state index in [0.29, 0.717) is 5.75 Å². The molecule has 0 aliphatic carbocycles. The molecular weight excluding hydrogens is 247 g/mol. The first-order chi connectivity index (χ1) is 8.13. The Morgan fingerprint density at radius 3 is 2.41 bits per heavy atom. The average Bonchev–Trinajstić information content (AvgIpc) is 2.36. The molecule has 0 spiro atoms. The van der Waals surface area contributed by atoms with Gasteiger partial charge in [0, 0.05) is 0 Å². The zero-order chi connectivity index (χ0) is 12.7. The summed E-state index contributed by atoms with van der Waals surface area (Å²) in [6.07, 6.45) is -2.62. The number of aliphatic hydroxyl groups is 3. The largest absolute Gasteiger partial charge is 0.426 e. The second kappa shape index (κ2) is 7.42. The molecule has 3 N–H and O–H groups in total. The van der Waals surface area contributed by atoms with E-state index in [1.165, 1.54) is 0 Å². The molecule has 1 aromatic carbocycles. The third-order valence-electron chi connectivity index (χ3n) is 1.95. The molecule has 96 valence electrons. The summed E-state index contributed by atoms with van der Waals surface area (Å²) < 4.78 is 21.0. The van der Waals surface area contributed by atoms with Gasteiger partial charge in [-0.25, -0.2) is 4.57 Å². The number of para-hydroxylation sites is 1. The predicted octanol–water partition coefficient (Wildman–Crippen LogP) is 0.186. The molecule has 0 bridgehead atoms. The van der Waals surface area contributed by atoms with Gasteiger partial charge in [0.1, 0.15) is 18.0 Å². The van der Waals surface area contributed by atoms with Crippen molar-refractivity contribution in [2.75, 3.05) is 13.2 Å². The van der Waals surface area contributed by atoms with Crippen molar-refractivity contribution in [3.05, 3.63) is 30.3 Å². The summed E-state index contributed by atoms with van der Waals surface area (Å²) in [7, 11) is -2.78. The Hall–Kier alpha value is -0.910. The fourth-order valence-corrected chi connectivity index (χ4v) is 1.69. The van der Waals surface area contributed by atoms with Gasteiger partial charge < -0.3 is 19.8 Å². The zero-order valence-electron chi connectivity index (χ0n) is 9.02. The van der Waals surface area contributed by atoms with Crippen LogP contribution in [0.4, 0.5) is 0 Å². The summed E-state index contributed by atoms with van der Waals surface area (Å²) in [6, 6.07) is 8.45. The molecule has 0 amide bonds. The Morgan fingerprint density at radius 1 is 1.18 bits per heavy atom. The summed E-state index contributed by atoms with van der Waals surface area (Å²) in [6.45, 7) is -0.961. The molecule has 0 aliphatic rings. The number of benzene rings is 1. The van der Waals surface area contributed by atoms with Crippen LogP contribution < -0.4 is 4.52 Å². The zero-order valence-corrected chi connectivity index (χ0v) is 10.0. The van der Waals surface area contributed by atoms with Gasteiger partial charge in [-0.1, -0.05) is 18.2 Å². The molecule has 3 atom stereocenters. The molecule has 0 radical (unpaired) electrons. The van der Waals surface area contributed by atoms with Crippen LogP contribution in [-0.2, 0) is 9.09 Å². The van der Waals surface area contributed by atoms with E-state index in [-0.39, 0.29) is 6.61 Å². The molecule has 1 aromatic rings. The molecule has 0 saturated heterocycles. The first-order valence-corrected chi connectivity index (χ1v) is 6.22. The summed E-state index contributed by atoms with van der Waals surface area (Å²) >= 11 is 0. The van der Waals surface area contributed by atoms with Crippen LogP contribution in [0.15, 0.2) is 30.3 Å². The van der Waals surface area contributed by atoms with Gasteiger partial charge in [0.05, 0.1) is 13.2 Å². The van der Waals surface area contributed by atoms with Crippen molar-refractivity contribution in [1.29, 1.82) is 0 Å². The fraction of sp³-hybridized carbons (Fsp3) is 0.400. The highest BCUT2D eigenvalue weighted by atomic mass is 31.1. The van der Waals surface area contributed by atoms with E-state index in [2.05, 4.69) is 0 Å². The third-order valence-corrected chi connectivity index (χ3v) is 2.75. The monoisotopic (exact) mass is 262 g/mol. The highest BCUT2D eigenvalue weighted by Crippen LogP contribution is 2.27. The topological polar surface area (TPSA) is 96.2 Å². The first kappa shape index (κ1) is 14.2. The second-order valence-electron chi connectivity index (χ2n) is 3.29. The Labute approximate surface area is 99.4 Å². The lowest BCUT2D eigenvalue weighted by Gasteiger charge is -2.15. The number of aliphatic hydroxyl groups excluding tert-OH is 3. The Balaban J connectivity index is 2.31. The van der Waals surface area contributed by atoms with Crippen molar-refractivity contribution < 1.29 is 28.9 Å². The van der Waals surface area contributed by atoms with E-state index >= 15 is 0 Å². The Kier molecular flexibility index (Phi) is 6.18. The average molecular weight is 262 g/mol. The highest BCUT2D eigenvalue weighted by Gasteiger charge is 2.16. The van der Waals surface area contributed by atoms with Gasteiger partial charge in [-0.3, -0.25) is 4.52 Å². The molecule has 0 heterocycles. The van der Waals surface area contributed by atoms with Crippen LogP contribution in [0.25, 0.3) is 0 Å². The lowest BCUT2D eigenvalue weighted by Crippen LogP contribution is -2.32. The normalized spacial score (nSPS) is 16.2. The van der Waals surface area contributed by atoms with Crippen LogP contribution in [0.1, 0.15) is 0 Å². The second-order valence-corrected chi connectivity index (χ2v) is 4.29. The summed E-state index contributed by atoms with van der Waals surface area (Å²) in [4.78, 5) is 0. The van der Waals surface area contributed by atoms with Crippen molar-refractivity contribution in [3.63, 3.8) is 0 Å². The molecule has 0 fully saturated rings. The van der Waals surface area contributed by atoms with Gasteiger partial charge in [0.2, 0.25) is 0 Å². The van der Waals surface area contributed by atoms with E-state index in [9.17, 15) is 9.67 Å². The van der Waals surface area contributed by atoms with Crippen molar-refractivity contribution in [3.8, 4) is 5.75 Å². The van der Waals surface area contributed by atoms with Crippen molar-refractivity contribution >= 4 is 8.25 Å². The number of hydrogen-bond donors (Lipinski definition) is 3. The SMILES string of the molecule is O=[PH](OCC(O)[C@@H](O)CO)Oc1ccccc1. The maximum Gasteiger partial charge on any atom is 0.367 e. The van der Waals surface area contributed by atoms with Crippen LogP contribution in [0.2, 0.25) is 0 Å². The molecule has 17 heavy (non-hydrogen) atoms. The minimum Gasteiger partial charge on any atom is -0.426 e. The summed E-state index contributed by atoms with van der Waals surface area (Å²) in [5, 5.41) is 26.8. The number of rotatable bonds is 7. The molecule has 2 unspecified atom stereocenters. The summed E-state index contributed by atoms with van der Waals surface area (Å²) in [5.74, 6) is 0.397. The third kappa shape index (κ3) is 5.30. The smallest absolute Gasteiger partial charge is 0.367 e. The van der Waals surface area contributed by atoms with E-state index in [4.69, 9.17) is 19.3 Å². The van der Waals surface area contributed by atoms with Gasteiger partial charge in [-0.15, -0.1) is 0 Å². The molecule has 6 nitrogen and oxygen atoms in total. The van der Waals surface area contributed by atoms with Crippen LogP contribution in [0, 0.1) is 0 Å². The minimum atomic E-state index is -2.78. The maximum atomic E-state index is 11.3. The quantitative estimate of drug-likeness (QED) is 0.607. The first-order valence-electron chi connectivity index (χ1n) is 5.00. The highest BCUT2D eigenvalue weighted by molar-refractivity contribution is 7.33. The Bertz CT molecular complexity index is 344. The van der Waals surface area contributed by atoms with E-state index in [1.807, 2.05) is 0 Å². The lowest BCUT2D eigenvalue weighted by molar-refractivity contribution is -0.0340. The molecule has 1 rings (SSSR count). The van der Waals surface area contributed by atoms with Crippen molar-refractivity contribution in [1.82, 2.24) is 0 Å². The van der Waals surface area contributed by atoms with Gasteiger partial charge in [-0.05, 0) is 12.1 Å². The standard InChI is InChI=1S/C10H15O6P/c11-6-9(12)10(13)7-15-17(14)16-8-4-2-1-3-5-8/h1-5,9-13,17H,6-7H2/t9-,10?/m0/s1. The molecule has 0 saturated carbocycles. The van der Waals surface area contributed by atoms with Gasteiger partial charge >= 0.3 is 8.25 Å². The van der Waals surface area contributed by atoms with E-state index < -0.39 is 27.1 Å². The maximum absolute atomic E-state index is 11.3. The minimum absolute atomic E-state index is 0.369. The van der Waals surface area contributed by atoms with Crippen LogP contribution in [-0.4, -0.2) is 40.7 Å². The van der Waals surface area contributed by atoms with Gasteiger partial charge in [-0.2, -0.15) is 0 Å². The van der Waals surface area contributed by atoms with E-state index in [0.717, 1.165) is 0 Å². The lowest BCUT2D eigenvalue weighted by atomic mass is 10.2. The molecule has 7 heteroatoms. The van der Waals surface area contributed by atoms with Crippen molar-refractivity contribution in [2.24, 2.45) is 0 Å². The van der Waals surface area contributed by atoms with E-state index in [1.54, 1.807) is 30.3 Å². The van der Waals surface area contributed by atoms with Gasteiger partial charge in [0.15, 0.2) is 0 Å². The predicted molar refractivity (Wildman–Crippen MR) is 61.1 cm³/mol. The molecule has 0 aliphatic heterocycles. The Morgan fingerprint density at radius 2 is 1.82 bits per heavy atom. The van der Waals surface area contributed by atoms with Crippen molar-refractivity contribution in [2.45, 2.75) is 12.2 Å². The van der Waals surface area contributed by atoms with Crippen LogP contribution in [0.3, 0.4) is 0 Å². The summed E-state index contributed by atoms with van der Waals surface area (Å²) in [5.41, 5.74) is 0. The number of hydrogen-bond acceptors (Lipinski definition) is 6. The molecule has 0 aromatic heterocycles. The van der Waals surface area contributed by atoms with Gasteiger partial charge in [0.25, 0.3) is 0 Å².